The van der Waals surface area contributed by atoms with Crippen molar-refractivity contribution in [1.29, 1.82) is 0 Å². The van der Waals surface area contributed by atoms with Gasteiger partial charge < -0.3 is 9.47 Å². The molecule has 0 radical (unpaired) electrons. The standard InChI is InChI=1S/C10H22O2/c1-4-8-12-10(5-2)7-6-9-11-3/h10H,4-9H2,1-3H3. The molecule has 0 aromatic carbocycles. The van der Waals surface area contributed by atoms with Crippen LogP contribution in [0.1, 0.15) is 39.5 Å². The quantitative estimate of drug-likeness (QED) is 0.527. The van der Waals surface area contributed by atoms with E-state index in [2.05, 4.69) is 13.8 Å². The molecule has 1 atom stereocenters. The highest BCUT2D eigenvalue weighted by Gasteiger charge is 2.04. The molecule has 0 amide bonds. The fraction of sp³-hybridized carbons (Fsp3) is 1.00. The first-order valence-electron chi connectivity index (χ1n) is 4.95. The summed E-state index contributed by atoms with van der Waals surface area (Å²) in [6.07, 6.45) is 4.91. The van der Waals surface area contributed by atoms with Gasteiger partial charge in [-0.1, -0.05) is 13.8 Å². The van der Waals surface area contributed by atoms with Gasteiger partial charge in [0, 0.05) is 20.3 Å². The van der Waals surface area contributed by atoms with Gasteiger partial charge in [0.15, 0.2) is 0 Å². The van der Waals surface area contributed by atoms with Crippen molar-refractivity contribution in [3.8, 4) is 0 Å². The fourth-order valence-corrected chi connectivity index (χ4v) is 1.15. The van der Waals surface area contributed by atoms with Crippen molar-refractivity contribution in [3.63, 3.8) is 0 Å². The van der Waals surface area contributed by atoms with Crippen molar-refractivity contribution in [2.24, 2.45) is 0 Å². The molecule has 2 nitrogen and oxygen atoms in total. The van der Waals surface area contributed by atoms with Crippen LogP contribution in [-0.2, 0) is 9.47 Å². The van der Waals surface area contributed by atoms with Crippen LogP contribution in [0.4, 0.5) is 0 Å². The Balaban J connectivity index is 3.26. The van der Waals surface area contributed by atoms with E-state index in [0.717, 1.165) is 38.9 Å². The summed E-state index contributed by atoms with van der Waals surface area (Å²) in [5.74, 6) is 0. The molecule has 0 saturated carbocycles. The summed E-state index contributed by atoms with van der Waals surface area (Å²) in [4.78, 5) is 0. The minimum absolute atomic E-state index is 0.445. The highest BCUT2D eigenvalue weighted by atomic mass is 16.5. The molecule has 1 unspecified atom stereocenters. The Kier molecular flexibility index (Phi) is 8.95. The van der Waals surface area contributed by atoms with Crippen LogP contribution in [0, 0.1) is 0 Å². The van der Waals surface area contributed by atoms with Crippen LogP contribution in [-0.4, -0.2) is 26.4 Å². The van der Waals surface area contributed by atoms with E-state index < -0.39 is 0 Å². The smallest absolute Gasteiger partial charge is 0.0573 e. The number of hydrogen-bond acceptors (Lipinski definition) is 2. The molecular weight excluding hydrogens is 152 g/mol. The SMILES string of the molecule is CCCOC(CC)CCCOC. The second kappa shape index (κ2) is 9.01. The molecular formula is C10H22O2. The van der Waals surface area contributed by atoms with Gasteiger partial charge in [0.25, 0.3) is 0 Å². The molecule has 0 spiro atoms. The topological polar surface area (TPSA) is 18.5 Å². The lowest BCUT2D eigenvalue weighted by Crippen LogP contribution is -2.13. The monoisotopic (exact) mass is 174 g/mol. The summed E-state index contributed by atoms with van der Waals surface area (Å²) in [5.41, 5.74) is 0. The van der Waals surface area contributed by atoms with Crippen molar-refractivity contribution in [1.82, 2.24) is 0 Å². The summed E-state index contributed by atoms with van der Waals surface area (Å²) in [5, 5.41) is 0. The van der Waals surface area contributed by atoms with Gasteiger partial charge in [0.05, 0.1) is 6.10 Å². The van der Waals surface area contributed by atoms with Gasteiger partial charge in [0.1, 0.15) is 0 Å². The lowest BCUT2D eigenvalue weighted by Gasteiger charge is -2.14. The first kappa shape index (κ1) is 11.9. The molecule has 0 saturated heterocycles. The fourth-order valence-electron chi connectivity index (χ4n) is 1.15. The lowest BCUT2D eigenvalue weighted by molar-refractivity contribution is 0.0388. The Hall–Kier alpha value is -0.0800. The summed E-state index contributed by atoms with van der Waals surface area (Å²) in [6, 6.07) is 0. The zero-order valence-corrected chi connectivity index (χ0v) is 8.64. The van der Waals surface area contributed by atoms with E-state index in [1.54, 1.807) is 7.11 Å². The van der Waals surface area contributed by atoms with Crippen LogP contribution in [0.15, 0.2) is 0 Å². The summed E-state index contributed by atoms with van der Waals surface area (Å²) >= 11 is 0. The Morgan fingerprint density at radius 2 is 1.92 bits per heavy atom. The predicted octanol–water partition coefficient (Wildman–Crippen LogP) is 2.62. The van der Waals surface area contributed by atoms with Crippen LogP contribution in [0.5, 0.6) is 0 Å². The van der Waals surface area contributed by atoms with Crippen molar-refractivity contribution in [2.75, 3.05) is 20.3 Å². The molecule has 0 aromatic heterocycles. The maximum atomic E-state index is 5.63. The molecule has 0 fully saturated rings. The molecule has 0 aliphatic carbocycles. The first-order chi connectivity index (χ1) is 5.85. The van der Waals surface area contributed by atoms with E-state index in [4.69, 9.17) is 9.47 Å². The Morgan fingerprint density at radius 1 is 1.17 bits per heavy atom. The van der Waals surface area contributed by atoms with E-state index in [-0.39, 0.29) is 0 Å². The molecule has 0 bridgehead atoms. The van der Waals surface area contributed by atoms with Gasteiger partial charge in [-0.15, -0.1) is 0 Å². The molecule has 0 rings (SSSR count). The molecule has 74 valence electrons. The molecule has 0 N–H and O–H groups in total. The third kappa shape index (κ3) is 6.62. The first-order valence-corrected chi connectivity index (χ1v) is 4.95. The van der Waals surface area contributed by atoms with Gasteiger partial charge in [-0.05, 0) is 25.7 Å². The van der Waals surface area contributed by atoms with E-state index in [1.165, 1.54) is 0 Å². The van der Waals surface area contributed by atoms with Crippen LogP contribution >= 0.6 is 0 Å². The van der Waals surface area contributed by atoms with Crippen molar-refractivity contribution < 1.29 is 9.47 Å². The second-order valence-corrected chi connectivity index (χ2v) is 3.04. The maximum absolute atomic E-state index is 5.63. The van der Waals surface area contributed by atoms with Gasteiger partial charge in [0.2, 0.25) is 0 Å². The minimum atomic E-state index is 0.445. The van der Waals surface area contributed by atoms with Crippen molar-refractivity contribution in [2.45, 2.75) is 45.6 Å². The Morgan fingerprint density at radius 3 is 2.42 bits per heavy atom. The summed E-state index contributed by atoms with van der Waals surface area (Å²) in [7, 11) is 1.74. The van der Waals surface area contributed by atoms with Crippen LogP contribution in [0.25, 0.3) is 0 Å². The van der Waals surface area contributed by atoms with Crippen LogP contribution < -0.4 is 0 Å². The zero-order chi connectivity index (χ0) is 9.23. The normalized spacial score (nSPS) is 13.2. The lowest BCUT2D eigenvalue weighted by atomic mass is 10.1. The minimum Gasteiger partial charge on any atom is -0.385 e. The highest BCUT2D eigenvalue weighted by molar-refractivity contribution is 4.55. The Labute approximate surface area is 76.3 Å². The van der Waals surface area contributed by atoms with Crippen molar-refractivity contribution >= 4 is 0 Å². The molecule has 0 aliphatic heterocycles. The molecule has 12 heavy (non-hydrogen) atoms. The van der Waals surface area contributed by atoms with Crippen LogP contribution in [0.2, 0.25) is 0 Å². The van der Waals surface area contributed by atoms with Gasteiger partial charge >= 0.3 is 0 Å². The van der Waals surface area contributed by atoms with Crippen molar-refractivity contribution in [3.05, 3.63) is 0 Å². The molecule has 0 aliphatic rings. The highest BCUT2D eigenvalue weighted by Crippen LogP contribution is 2.06. The largest absolute Gasteiger partial charge is 0.385 e. The number of rotatable bonds is 8. The van der Waals surface area contributed by atoms with E-state index >= 15 is 0 Å². The Bertz CT molecular complexity index is 83.9. The maximum Gasteiger partial charge on any atom is 0.0573 e. The third-order valence-corrected chi connectivity index (χ3v) is 1.89. The van der Waals surface area contributed by atoms with E-state index in [9.17, 15) is 0 Å². The van der Waals surface area contributed by atoms with E-state index in [1.807, 2.05) is 0 Å². The molecule has 0 heterocycles. The number of ether oxygens (including phenoxy) is 2. The second-order valence-electron chi connectivity index (χ2n) is 3.04. The summed E-state index contributed by atoms with van der Waals surface area (Å²) < 4.78 is 10.6. The summed E-state index contributed by atoms with van der Waals surface area (Å²) in [6.45, 7) is 6.06. The van der Waals surface area contributed by atoms with Gasteiger partial charge in [-0.3, -0.25) is 0 Å². The van der Waals surface area contributed by atoms with Gasteiger partial charge in [-0.25, -0.2) is 0 Å². The molecule has 2 heteroatoms. The number of hydrogen-bond donors (Lipinski definition) is 0. The molecule has 0 aromatic rings. The number of methoxy groups -OCH3 is 1. The van der Waals surface area contributed by atoms with Gasteiger partial charge in [-0.2, -0.15) is 0 Å². The third-order valence-electron chi connectivity index (χ3n) is 1.89. The van der Waals surface area contributed by atoms with E-state index in [0.29, 0.717) is 6.10 Å². The predicted molar refractivity (Wildman–Crippen MR) is 51.4 cm³/mol. The average molecular weight is 174 g/mol. The van der Waals surface area contributed by atoms with Crippen LogP contribution in [0.3, 0.4) is 0 Å². The zero-order valence-electron chi connectivity index (χ0n) is 8.64. The average Bonchev–Trinajstić information content (AvgIpc) is 2.11.